The van der Waals surface area contributed by atoms with Crippen molar-refractivity contribution in [2.75, 3.05) is 0 Å². The Bertz CT molecular complexity index is 866. The molecule has 0 aliphatic heterocycles. The molecule has 24 heavy (non-hydrogen) atoms. The van der Waals surface area contributed by atoms with Gasteiger partial charge in [0.25, 0.3) is 5.56 Å². The number of fused-ring (bicyclic) bond motifs is 1. The lowest BCUT2D eigenvalue weighted by molar-refractivity contribution is -0.121. The first-order chi connectivity index (χ1) is 11.2. The lowest BCUT2D eigenvalue weighted by atomic mass is 10.1. The molecule has 2 aromatic heterocycles. The average molecular weight is 351 g/mol. The molecule has 0 aliphatic carbocycles. The van der Waals surface area contributed by atoms with E-state index in [9.17, 15) is 14.4 Å². The topological polar surface area (TPSA) is 104 Å². The standard InChI is InChI=1S/C16H21N3O4S/c1-6-10(13(17)20)19-9(5)18-14-11(15(19)21)8(4)12(24-14)16(22)23-7(2)3/h7,10H,6H2,1-5H3,(H2,17,20). The maximum atomic E-state index is 12.9. The number of nitrogens with zero attached hydrogens (tertiary/aromatic N) is 2. The zero-order valence-electron chi connectivity index (χ0n) is 14.4. The van der Waals surface area contributed by atoms with E-state index in [2.05, 4.69) is 4.98 Å². The van der Waals surface area contributed by atoms with Gasteiger partial charge < -0.3 is 10.5 Å². The first-order valence-corrected chi connectivity index (χ1v) is 8.53. The molecule has 0 fully saturated rings. The lowest BCUT2D eigenvalue weighted by Gasteiger charge is -2.17. The Labute approximate surface area is 143 Å². The van der Waals surface area contributed by atoms with Crippen LogP contribution in [0.5, 0.6) is 0 Å². The van der Waals surface area contributed by atoms with E-state index in [-0.39, 0.29) is 11.7 Å². The quantitative estimate of drug-likeness (QED) is 0.831. The second-order valence-corrected chi connectivity index (χ2v) is 6.85. The van der Waals surface area contributed by atoms with Gasteiger partial charge in [-0.15, -0.1) is 11.3 Å². The number of hydrogen-bond acceptors (Lipinski definition) is 6. The summed E-state index contributed by atoms with van der Waals surface area (Å²) in [5.41, 5.74) is 5.57. The second-order valence-electron chi connectivity index (χ2n) is 5.85. The molecule has 0 saturated heterocycles. The van der Waals surface area contributed by atoms with Gasteiger partial charge >= 0.3 is 5.97 Å². The van der Waals surface area contributed by atoms with E-state index in [0.717, 1.165) is 11.3 Å². The van der Waals surface area contributed by atoms with Crippen molar-refractivity contribution in [1.82, 2.24) is 9.55 Å². The minimum absolute atomic E-state index is 0.257. The van der Waals surface area contributed by atoms with Crippen molar-refractivity contribution >= 4 is 33.4 Å². The fourth-order valence-electron chi connectivity index (χ4n) is 2.64. The normalized spacial score (nSPS) is 12.6. The summed E-state index contributed by atoms with van der Waals surface area (Å²) in [7, 11) is 0. The predicted molar refractivity (Wildman–Crippen MR) is 92.4 cm³/mol. The van der Waals surface area contributed by atoms with Gasteiger partial charge in [-0.1, -0.05) is 6.92 Å². The fourth-order valence-corrected chi connectivity index (χ4v) is 3.74. The third kappa shape index (κ3) is 3.06. The number of ether oxygens (including phenoxy) is 1. The SMILES string of the molecule is CCC(C(N)=O)n1c(C)nc2sc(C(=O)OC(C)C)c(C)c2c1=O. The maximum absolute atomic E-state index is 12.9. The van der Waals surface area contributed by atoms with Gasteiger partial charge in [0.05, 0.1) is 11.5 Å². The van der Waals surface area contributed by atoms with Gasteiger partial charge in [0.2, 0.25) is 5.91 Å². The summed E-state index contributed by atoms with van der Waals surface area (Å²) in [6.07, 6.45) is 0.127. The number of primary amides is 1. The molecule has 130 valence electrons. The smallest absolute Gasteiger partial charge is 0.348 e. The van der Waals surface area contributed by atoms with Crippen LogP contribution in [-0.2, 0) is 9.53 Å². The summed E-state index contributed by atoms with van der Waals surface area (Å²) in [5.74, 6) is -0.671. The monoisotopic (exact) mass is 351 g/mol. The van der Waals surface area contributed by atoms with Crippen molar-refractivity contribution in [3.63, 3.8) is 0 Å². The van der Waals surface area contributed by atoms with Gasteiger partial charge in [-0.25, -0.2) is 9.78 Å². The molecule has 1 unspecified atom stereocenters. The number of amides is 1. The highest BCUT2D eigenvalue weighted by atomic mass is 32.1. The maximum Gasteiger partial charge on any atom is 0.348 e. The highest BCUT2D eigenvalue weighted by molar-refractivity contribution is 7.20. The summed E-state index contributed by atoms with van der Waals surface area (Å²) in [6, 6.07) is -0.764. The summed E-state index contributed by atoms with van der Waals surface area (Å²) < 4.78 is 6.52. The highest BCUT2D eigenvalue weighted by Gasteiger charge is 2.25. The zero-order chi connectivity index (χ0) is 18.2. The largest absolute Gasteiger partial charge is 0.459 e. The Kier molecular flexibility index (Phi) is 5.08. The molecular weight excluding hydrogens is 330 g/mol. The highest BCUT2D eigenvalue weighted by Crippen LogP contribution is 2.29. The number of nitrogens with two attached hydrogens (primary N) is 1. The number of thiophene rings is 1. The van der Waals surface area contributed by atoms with Gasteiger partial charge in [-0.3, -0.25) is 14.2 Å². The van der Waals surface area contributed by atoms with E-state index in [4.69, 9.17) is 10.5 Å². The first kappa shape index (κ1) is 18.1. The molecule has 2 N–H and O–H groups in total. The van der Waals surface area contributed by atoms with Gasteiger partial charge in [-0.05, 0) is 39.7 Å². The lowest BCUT2D eigenvalue weighted by Crippen LogP contribution is -2.35. The Morgan fingerprint density at radius 1 is 1.33 bits per heavy atom. The van der Waals surface area contributed by atoms with Crippen molar-refractivity contribution in [3.05, 3.63) is 26.6 Å². The molecule has 7 nitrogen and oxygen atoms in total. The van der Waals surface area contributed by atoms with Crippen LogP contribution in [0.4, 0.5) is 0 Å². The number of carbonyl (C=O) groups excluding carboxylic acids is 2. The molecule has 0 spiro atoms. The number of aromatic nitrogens is 2. The van der Waals surface area contributed by atoms with E-state index in [0.29, 0.717) is 32.9 Å². The van der Waals surface area contributed by atoms with Crippen LogP contribution in [0.25, 0.3) is 10.2 Å². The Balaban J connectivity index is 2.72. The molecule has 2 heterocycles. The summed E-state index contributed by atoms with van der Waals surface area (Å²) in [6.45, 7) is 8.62. The summed E-state index contributed by atoms with van der Waals surface area (Å²) >= 11 is 1.12. The van der Waals surface area contributed by atoms with Crippen LogP contribution in [0.2, 0.25) is 0 Å². The van der Waals surface area contributed by atoms with Crippen LogP contribution in [-0.4, -0.2) is 27.5 Å². The van der Waals surface area contributed by atoms with Crippen LogP contribution in [0, 0.1) is 13.8 Å². The molecule has 2 aromatic rings. The van der Waals surface area contributed by atoms with Gasteiger partial charge in [-0.2, -0.15) is 0 Å². The van der Waals surface area contributed by atoms with Crippen molar-refractivity contribution < 1.29 is 14.3 Å². The van der Waals surface area contributed by atoms with Gasteiger partial charge in [0, 0.05) is 0 Å². The van der Waals surface area contributed by atoms with Crippen molar-refractivity contribution in [1.29, 1.82) is 0 Å². The van der Waals surface area contributed by atoms with Crippen molar-refractivity contribution in [2.45, 2.75) is 53.2 Å². The van der Waals surface area contributed by atoms with Gasteiger partial charge in [0.1, 0.15) is 21.6 Å². The Morgan fingerprint density at radius 2 is 1.96 bits per heavy atom. The fraction of sp³-hybridized carbons (Fsp3) is 0.500. The van der Waals surface area contributed by atoms with Gasteiger partial charge in [0.15, 0.2) is 0 Å². The average Bonchev–Trinajstić information content (AvgIpc) is 2.79. The number of carbonyl (C=O) groups is 2. The Morgan fingerprint density at radius 3 is 2.46 bits per heavy atom. The summed E-state index contributed by atoms with van der Waals surface area (Å²) in [4.78, 5) is 42.0. The molecule has 0 radical (unpaired) electrons. The molecule has 0 aromatic carbocycles. The van der Waals surface area contributed by atoms with E-state index in [1.165, 1.54) is 4.57 Å². The van der Waals surface area contributed by atoms with E-state index >= 15 is 0 Å². The zero-order valence-corrected chi connectivity index (χ0v) is 15.2. The van der Waals surface area contributed by atoms with Crippen molar-refractivity contribution in [3.8, 4) is 0 Å². The van der Waals surface area contributed by atoms with Crippen LogP contribution in [0.3, 0.4) is 0 Å². The Hall–Kier alpha value is -2.22. The molecule has 1 amide bonds. The van der Waals surface area contributed by atoms with Crippen LogP contribution in [0.1, 0.15) is 54.3 Å². The molecular formula is C16H21N3O4S. The van der Waals surface area contributed by atoms with E-state index in [1.54, 1.807) is 34.6 Å². The van der Waals surface area contributed by atoms with Crippen LogP contribution >= 0.6 is 11.3 Å². The summed E-state index contributed by atoms with van der Waals surface area (Å²) in [5, 5.41) is 0.334. The number of rotatable bonds is 5. The molecule has 0 bridgehead atoms. The van der Waals surface area contributed by atoms with E-state index < -0.39 is 17.9 Å². The molecule has 0 saturated carbocycles. The molecule has 8 heteroatoms. The number of esters is 1. The van der Waals surface area contributed by atoms with Crippen LogP contribution < -0.4 is 11.3 Å². The van der Waals surface area contributed by atoms with E-state index in [1.807, 2.05) is 0 Å². The minimum Gasteiger partial charge on any atom is -0.459 e. The van der Waals surface area contributed by atoms with Crippen LogP contribution in [0.15, 0.2) is 4.79 Å². The molecule has 1 atom stereocenters. The molecule has 0 aliphatic rings. The van der Waals surface area contributed by atoms with Crippen molar-refractivity contribution in [2.24, 2.45) is 5.73 Å². The minimum atomic E-state index is -0.764. The number of aryl methyl sites for hydroxylation is 2. The third-order valence-electron chi connectivity index (χ3n) is 3.73. The molecule has 2 rings (SSSR count). The predicted octanol–water partition coefficient (Wildman–Crippen LogP) is 2.08. The second kappa shape index (κ2) is 6.72. The third-order valence-corrected chi connectivity index (χ3v) is 4.89. The first-order valence-electron chi connectivity index (χ1n) is 7.71. The number of hydrogen-bond donors (Lipinski definition) is 1.